The Morgan fingerprint density at radius 3 is 2.11 bits per heavy atom. The van der Waals surface area contributed by atoms with E-state index in [1.54, 1.807) is 11.3 Å². The molecule has 0 fully saturated rings. The van der Waals surface area contributed by atoms with Gasteiger partial charge >= 0.3 is 0 Å². The average molecular weight is 949 g/mol. The van der Waals surface area contributed by atoms with E-state index in [1.165, 1.54) is 54.1 Å². The number of pyridine rings is 1. The van der Waals surface area contributed by atoms with Gasteiger partial charge in [-0.3, -0.25) is 9.78 Å². The summed E-state index contributed by atoms with van der Waals surface area (Å²) in [5.41, 5.74) is 7.51. The van der Waals surface area contributed by atoms with Crippen LogP contribution in [0.3, 0.4) is 0 Å². The molecular formula is C50H62IrNO3S-. The number of hydrogen-bond donors (Lipinski definition) is 1. The van der Waals surface area contributed by atoms with Gasteiger partial charge in [0.05, 0.1) is 4.88 Å². The standard InChI is InChI=1S/C35H34NOS.C15H28O2.Ir/c1-20(2)16-23-12-13-26-21(3)32(37-30(26)17-23)33-22(4)27-14-15-36-31(34(27)38-33)25-18-24-10-8-9-11-28(24)29(19-25)35(5,6)7;1-7-14(5,8-2)12(16)11-13(17)15(6,9-3)10-4;/h8-15,17,19-20H,16H2,1-7H3;11,16H,7-10H2,1-6H3;/q-1;;/b;12-11-;. The first-order chi connectivity index (χ1) is 25.9. The summed E-state index contributed by atoms with van der Waals surface area (Å²) in [6.07, 6.45) is 7.75. The number of allylic oxidation sites excluding steroid dienone is 2. The number of carbonyl (C=O) groups excluding carboxylic acids is 1. The first kappa shape index (κ1) is 45.1. The van der Waals surface area contributed by atoms with Crippen LogP contribution in [0.15, 0.2) is 77.0 Å². The third-order valence-corrected chi connectivity index (χ3v) is 13.5. The van der Waals surface area contributed by atoms with Crippen molar-refractivity contribution >= 4 is 48.9 Å². The molecule has 6 aromatic rings. The monoisotopic (exact) mass is 949 g/mol. The second-order valence-corrected chi connectivity index (χ2v) is 18.4. The number of aryl methyl sites for hydroxylation is 2. The van der Waals surface area contributed by atoms with Gasteiger partial charge in [-0.15, -0.1) is 40.5 Å². The van der Waals surface area contributed by atoms with Crippen molar-refractivity contribution < 1.29 is 34.4 Å². The zero-order valence-electron chi connectivity index (χ0n) is 35.9. The first-order valence-corrected chi connectivity index (χ1v) is 21.0. The van der Waals surface area contributed by atoms with E-state index in [9.17, 15) is 9.90 Å². The second-order valence-electron chi connectivity index (χ2n) is 17.4. The quantitative estimate of drug-likeness (QED) is 0.0798. The third-order valence-electron chi connectivity index (χ3n) is 12.1. The van der Waals surface area contributed by atoms with Gasteiger partial charge in [-0.05, 0) is 85.9 Å². The molecule has 0 bridgehead atoms. The molecule has 3 aromatic heterocycles. The van der Waals surface area contributed by atoms with Crippen molar-refractivity contribution in [3.05, 3.63) is 101 Å². The molecule has 301 valence electrons. The van der Waals surface area contributed by atoms with Crippen LogP contribution in [0.25, 0.3) is 53.7 Å². The Hall–Kier alpha value is -3.57. The number of carbonyl (C=O) groups is 1. The zero-order chi connectivity index (χ0) is 40.5. The fourth-order valence-electron chi connectivity index (χ4n) is 7.30. The van der Waals surface area contributed by atoms with Gasteiger partial charge in [0, 0.05) is 64.6 Å². The molecule has 6 rings (SSSR count). The summed E-state index contributed by atoms with van der Waals surface area (Å²) in [5.74, 6) is 1.88. The number of aliphatic hydroxyl groups excluding tert-OH is 1. The number of fused-ring (bicyclic) bond motifs is 3. The summed E-state index contributed by atoms with van der Waals surface area (Å²) in [5, 5.41) is 14.9. The summed E-state index contributed by atoms with van der Waals surface area (Å²) < 4.78 is 7.75. The molecule has 0 spiro atoms. The summed E-state index contributed by atoms with van der Waals surface area (Å²) in [7, 11) is 0. The number of hydrogen-bond acceptors (Lipinski definition) is 5. The van der Waals surface area contributed by atoms with Gasteiger partial charge in [-0.1, -0.05) is 117 Å². The molecular weight excluding hydrogens is 887 g/mol. The van der Waals surface area contributed by atoms with Crippen molar-refractivity contribution in [3.8, 4) is 21.9 Å². The Bertz CT molecular complexity index is 2340. The normalized spacial score (nSPS) is 12.6. The van der Waals surface area contributed by atoms with Crippen LogP contribution in [-0.2, 0) is 36.7 Å². The Morgan fingerprint density at radius 2 is 1.50 bits per heavy atom. The maximum Gasteiger partial charge on any atom is 0.164 e. The second kappa shape index (κ2) is 17.9. The van der Waals surface area contributed by atoms with Crippen LogP contribution in [0, 0.1) is 36.7 Å². The number of aliphatic hydroxyl groups is 1. The van der Waals surface area contributed by atoms with E-state index < -0.39 is 0 Å². The van der Waals surface area contributed by atoms with Gasteiger partial charge < -0.3 is 9.52 Å². The Balaban J connectivity index is 0.000000330. The number of rotatable bonds is 11. The SMILES string of the molecule is CCC(C)(CC)C(=O)/C=C(\O)C(C)(CC)CC.Cc1c(-c2sc3c(-c4[c-]c5ccccc5c(C(C)(C)C)c4)nccc3c2C)oc2cc(CC(C)C)ccc12.[Ir]. The molecule has 3 heterocycles. The van der Waals surface area contributed by atoms with Crippen LogP contribution in [-0.4, -0.2) is 15.9 Å². The Labute approximate surface area is 353 Å². The number of aromatic nitrogens is 1. The molecule has 0 saturated heterocycles. The van der Waals surface area contributed by atoms with Crippen molar-refractivity contribution in [1.82, 2.24) is 4.98 Å². The smallest absolute Gasteiger partial charge is 0.164 e. The van der Waals surface area contributed by atoms with Crippen LogP contribution >= 0.6 is 11.3 Å². The Morgan fingerprint density at radius 1 is 0.857 bits per heavy atom. The molecule has 1 N–H and O–H groups in total. The van der Waals surface area contributed by atoms with Crippen molar-refractivity contribution in [2.24, 2.45) is 16.7 Å². The largest absolute Gasteiger partial charge is 0.512 e. The summed E-state index contributed by atoms with van der Waals surface area (Å²) in [6, 6.07) is 23.4. The van der Waals surface area contributed by atoms with E-state index in [0.717, 1.165) is 60.1 Å². The van der Waals surface area contributed by atoms with Crippen molar-refractivity contribution in [1.29, 1.82) is 0 Å². The predicted molar refractivity (Wildman–Crippen MR) is 236 cm³/mol. The molecule has 4 nitrogen and oxygen atoms in total. The molecule has 0 aliphatic carbocycles. The minimum Gasteiger partial charge on any atom is -0.512 e. The minimum absolute atomic E-state index is 0. The van der Waals surface area contributed by atoms with Crippen LogP contribution in [0.1, 0.15) is 124 Å². The number of furan rings is 1. The molecule has 0 atom stereocenters. The first-order valence-electron chi connectivity index (χ1n) is 20.2. The summed E-state index contributed by atoms with van der Waals surface area (Å²) >= 11 is 1.79. The fraction of sp³-hybridized carbons (Fsp3) is 0.440. The van der Waals surface area contributed by atoms with Crippen molar-refractivity contribution in [2.75, 3.05) is 0 Å². The molecule has 0 unspecified atom stereocenters. The van der Waals surface area contributed by atoms with E-state index in [2.05, 4.69) is 109 Å². The van der Waals surface area contributed by atoms with Gasteiger partial charge in [-0.25, -0.2) is 0 Å². The number of ketones is 1. The van der Waals surface area contributed by atoms with Crippen LogP contribution in [0.4, 0.5) is 0 Å². The zero-order valence-corrected chi connectivity index (χ0v) is 39.1. The average Bonchev–Trinajstić information content (AvgIpc) is 3.67. The van der Waals surface area contributed by atoms with Gasteiger partial charge in [0.25, 0.3) is 0 Å². The van der Waals surface area contributed by atoms with E-state index in [1.807, 2.05) is 47.7 Å². The number of benzene rings is 3. The Kier molecular flexibility index (Phi) is 14.4. The molecule has 6 heteroatoms. The van der Waals surface area contributed by atoms with Gasteiger partial charge in [-0.2, -0.15) is 0 Å². The maximum atomic E-state index is 12.2. The molecule has 0 amide bonds. The summed E-state index contributed by atoms with van der Waals surface area (Å²) in [6.45, 7) is 27.8. The molecule has 1 radical (unpaired) electrons. The topological polar surface area (TPSA) is 63.3 Å². The molecule has 0 aliphatic heterocycles. The molecule has 0 aliphatic rings. The van der Waals surface area contributed by atoms with Crippen molar-refractivity contribution in [3.63, 3.8) is 0 Å². The molecule has 3 aromatic carbocycles. The van der Waals surface area contributed by atoms with Crippen LogP contribution in [0.5, 0.6) is 0 Å². The van der Waals surface area contributed by atoms with E-state index >= 15 is 0 Å². The minimum atomic E-state index is -0.337. The number of nitrogens with zero attached hydrogens (tertiary/aromatic N) is 1. The van der Waals surface area contributed by atoms with E-state index in [-0.39, 0.29) is 47.9 Å². The van der Waals surface area contributed by atoms with Gasteiger partial charge in [0.2, 0.25) is 0 Å². The van der Waals surface area contributed by atoms with Gasteiger partial charge in [0.1, 0.15) is 17.1 Å². The predicted octanol–water partition coefficient (Wildman–Crippen LogP) is 15.1. The van der Waals surface area contributed by atoms with Crippen LogP contribution < -0.4 is 0 Å². The van der Waals surface area contributed by atoms with Crippen molar-refractivity contribution in [2.45, 2.75) is 128 Å². The maximum absolute atomic E-state index is 12.2. The van der Waals surface area contributed by atoms with Gasteiger partial charge in [0.15, 0.2) is 5.78 Å². The summed E-state index contributed by atoms with van der Waals surface area (Å²) in [4.78, 5) is 18.3. The number of thiophene rings is 1. The van der Waals surface area contributed by atoms with E-state index in [4.69, 9.17) is 9.40 Å². The van der Waals surface area contributed by atoms with E-state index in [0.29, 0.717) is 5.92 Å². The molecule has 0 saturated carbocycles. The van der Waals surface area contributed by atoms with Crippen LogP contribution in [0.2, 0.25) is 0 Å². The fourth-order valence-corrected chi connectivity index (χ4v) is 8.65. The molecule has 56 heavy (non-hydrogen) atoms. The third kappa shape index (κ3) is 9.09.